The zero-order chi connectivity index (χ0) is 10.6. The number of nitrogens with zero attached hydrogens (tertiary/aromatic N) is 1. The van der Waals surface area contributed by atoms with Crippen molar-refractivity contribution in [3.8, 4) is 0 Å². The van der Waals surface area contributed by atoms with Crippen LogP contribution in [-0.4, -0.2) is 37.5 Å². The van der Waals surface area contributed by atoms with Gasteiger partial charge in [0.15, 0.2) is 0 Å². The molecule has 0 aliphatic carbocycles. The zero-order valence-electron chi connectivity index (χ0n) is 9.60. The van der Waals surface area contributed by atoms with Gasteiger partial charge in [-0.1, -0.05) is 13.8 Å². The highest BCUT2D eigenvalue weighted by Gasteiger charge is 2.40. The summed E-state index contributed by atoms with van der Waals surface area (Å²) in [7, 11) is 1.92. The summed E-state index contributed by atoms with van der Waals surface area (Å²) in [5, 5.41) is 3.29. The summed E-state index contributed by atoms with van der Waals surface area (Å²) in [6.07, 6.45) is 2.98. The van der Waals surface area contributed by atoms with E-state index in [2.05, 4.69) is 19.2 Å². The second-order valence-corrected chi connectivity index (χ2v) is 4.29. The van der Waals surface area contributed by atoms with Gasteiger partial charge in [0, 0.05) is 20.1 Å². The van der Waals surface area contributed by atoms with E-state index in [9.17, 15) is 4.79 Å². The van der Waals surface area contributed by atoms with Crippen LogP contribution in [0.2, 0.25) is 0 Å². The van der Waals surface area contributed by atoms with Crippen LogP contribution in [0.4, 0.5) is 0 Å². The van der Waals surface area contributed by atoms with Crippen LogP contribution >= 0.6 is 0 Å². The van der Waals surface area contributed by atoms with Gasteiger partial charge in [0.05, 0.1) is 5.41 Å². The third-order valence-electron chi connectivity index (χ3n) is 3.28. The lowest BCUT2D eigenvalue weighted by molar-refractivity contribution is -0.140. The van der Waals surface area contributed by atoms with Gasteiger partial charge in [0.25, 0.3) is 0 Å². The number of nitrogens with one attached hydrogen (secondary N) is 1. The van der Waals surface area contributed by atoms with Crippen molar-refractivity contribution in [1.29, 1.82) is 0 Å². The number of rotatable bonds is 4. The first-order chi connectivity index (χ1) is 6.66. The molecule has 1 saturated heterocycles. The largest absolute Gasteiger partial charge is 0.345 e. The molecule has 3 nitrogen and oxygen atoms in total. The maximum absolute atomic E-state index is 12.2. The third kappa shape index (κ3) is 2.08. The normalized spacial score (nSPS) is 26.5. The van der Waals surface area contributed by atoms with E-state index in [1.165, 1.54) is 0 Å². The maximum Gasteiger partial charge on any atom is 0.229 e. The van der Waals surface area contributed by atoms with Crippen molar-refractivity contribution >= 4 is 5.91 Å². The number of carbonyl (C=O) groups excluding carboxylic acids is 1. The van der Waals surface area contributed by atoms with Crippen molar-refractivity contribution in [1.82, 2.24) is 10.2 Å². The van der Waals surface area contributed by atoms with Crippen molar-refractivity contribution in [3.05, 3.63) is 0 Å². The Morgan fingerprint density at radius 3 is 2.64 bits per heavy atom. The van der Waals surface area contributed by atoms with Crippen LogP contribution in [0.5, 0.6) is 0 Å². The molecule has 0 aromatic rings. The minimum absolute atomic E-state index is 0.107. The average molecular weight is 198 g/mol. The van der Waals surface area contributed by atoms with Gasteiger partial charge in [-0.3, -0.25) is 4.79 Å². The standard InChI is InChI=1S/C11H22N2O/c1-4-8-13(3)10(14)11(5-2)6-7-12-9-11/h12H,4-9H2,1-3H3. The second-order valence-electron chi connectivity index (χ2n) is 4.29. The molecule has 0 radical (unpaired) electrons. The predicted octanol–water partition coefficient (Wildman–Crippen LogP) is 1.24. The van der Waals surface area contributed by atoms with Crippen LogP contribution in [0.3, 0.4) is 0 Å². The van der Waals surface area contributed by atoms with Crippen molar-refractivity contribution in [3.63, 3.8) is 0 Å². The van der Waals surface area contributed by atoms with E-state index < -0.39 is 0 Å². The van der Waals surface area contributed by atoms with Crippen LogP contribution in [0.1, 0.15) is 33.1 Å². The van der Waals surface area contributed by atoms with Gasteiger partial charge < -0.3 is 10.2 Å². The summed E-state index contributed by atoms with van der Waals surface area (Å²) in [5.41, 5.74) is -0.107. The fraction of sp³-hybridized carbons (Fsp3) is 0.909. The molecule has 1 rings (SSSR count). The van der Waals surface area contributed by atoms with E-state index in [0.717, 1.165) is 38.9 Å². The van der Waals surface area contributed by atoms with Crippen molar-refractivity contribution < 1.29 is 4.79 Å². The van der Waals surface area contributed by atoms with Gasteiger partial charge in [-0.2, -0.15) is 0 Å². The van der Waals surface area contributed by atoms with E-state index in [-0.39, 0.29) is 5.41 Å². The zero-order valence-corrected chi connectivity index (χ0v) is 9.60. The molecule has 0 spiro atoms. The summed E-state index contributed by atoms with van der Waals surface area (Å²) >= 11 is 0. The molecule has 1 unspecified atom stereocenters. The Labute approximate surface area is 86.9 Å². The average Bonchev–Trinajstić information content (AvgIpc) is 2.66. The summed E-state index contributed by atoms with van der Waals surface area (Å²) in [5.74, 6) is 0.326. The topological polar surface area (TPSA) is 32.3 Å². The Hall–Kier alpha value is -0.570. The molecule has 1 N–H and O–H groups in total. The highest BCUT2D eigenvalue weighted by atomic mass is 16.2. The monoisotopic (exact) mass is 198 g/mol. The molecule has 1 atom stereocenters. The van der Waals surface area contributed by atoms with Crippen molar-refractivity contribution in [2.24, 2.45) is 5.41 Å². The van der Waals surface area contributed by atoms with Gasteiger partial charge in [-0.05, 0) is 25.8 Å². The number of hydrogen-bond acceptors (Lipinski definition) is 2. The summed E-state index contributed by atoms with van der Waals surface area (Å²) in [6.45, 7) is 6.94. The van der Waals surface area contributed by atoms with Crippen LogP contribution < -0.4 is 5.32 Å². The van der Waals surface area contributed by atoms with Crippen LogP contribution in [0.15, 0.2) is 0 Å². The maximum atomic E-state index is 12.2. The molecule has 82 valence electrons. The van der Waals surface area contributed by atoms with Gasteiger partial charge in [-0.25, -0.2) is 0 Å². The van der Waals surface area contributed by atoms with E-state index in [0.29, 0.717) is 5.91 Å². The Bertz CT molecular complexity index is 197. The van der Waals surface area contributed by atoms with E-state index >= 15 is 0 Å². The molecule has 1 amide bonds. The Kier molecular flexibility index (Phi) is 3.93. The SMILES string of the molecule is CCCN(C)C(=O)C1(CC)CCNC1. The molecule has 1 heterocycles. The third-order valence-corrected chi connectivity index (χ3v) is 3.28. The fourth-order valence-corrected chi connectivity index (χ4v) is 2.22. The first-order valence-electron chi connectivity index (χ1n) is 5.62. The molecule has 3 heteroatoms. The molecule has 0 aromatic carbocycles. The lowest BCUT2D eigenvalue weighted by Gasteiger charge is -2.30. The lowest BCUT2D eigenvalue weighted by atomic mass is 9.83. The van der Waals surface area contributed by atoms with Crippen molar-refractivity contribution in [2.75, 3.05) is 26.7 Å². The van der Waals surface area contributed by atoms with E-state index in [1.54, 1.807) is 0 Å². The molecular weight excluding hydrogens is 176 g/mol. The van der Waals surface area contributed by atoms with Crippen LogP contribution in [0.25, 0.3) is 0 Å². The minimum atomic E-state index is -0.107. The van der Waals surface area contributed by atoms with E-state index in [1.807, 2.05) is 11.9 Å². The van der Waals surface area contributed by atoms with E-state index in [4.69, 9.17) is 0 Å². The van der Waals surface area contributed by atoms with Gasteiger partial charge in [0.1, 0.15) is 0 Å². The fourth-order valence-electron chi connectivity index (χ4n) is 2.22. The quantitative estimate of drug-likeness (QED) is 0.737. The molecule has 1 fully saturated rings. The Balaban J connectivity index is 2.64. The molecule has 0 aromatic heterocycles. The predicted molar refractivity (Wildman–Crippen MR) is 58.1 cm³/mol. The number of hydrogen-bond donors (Lipinski definition) is 1. The summed E-state index contributed by atoms with van der Waals surface area (Å²) in [6, 6.07) is 0. The van der Waals surface area contributed by atoms with Gasteiger partial charge in [-0.15, -0.1) is 0 Å². The molecule has 1 aliphatic heterocycles. The molecule has 1 aliphatic rings. The smallest absolute Gasteiger partial charge is 0.229 e. The minimum Gasteiger partial charge on any atom is -0.345 e. The first kappa shape index (κ1) is 11.5. The number of carbonyl (C=O) groups is 1. The second kappa shape index (κ2) is 4.78. The van der Waals surface area contributed by atoms with Gasteiger partial charge >= 0.3 is 0 Å². The summed E-state index contributed by atoms with van der Waals surface area (Å²) < 4.78 is 0. The highest BCUT2D eigenvalue weighted by molar-refractivity contribution is 5.83. The lowest BCUT2D eigenvalue weighted by Crippen LogP contribution is -2.43. The molecule has 0 bridgehead atoms. The molecule has 0 saturated carbocycles. The van der Waals surface area contributed by atoms with Crippen LogP contribution in [-0.2, 0) is 4.79 Å². The first-order valence-corrected chi connectivity index (χ1v) is 5.62. The van der Waals surface area contributed by atoms with Gasteiger partial charge in [0.2, 0.25) is 5.91 Å². The molecule has 14 heavy (non-hydrogen) atoms. The Morgan fingerprint density at radius 2 is 2.21 bits per heavy atom. The summed E-state index contributed by atoms with van der Waals surface area (Å²) in [4.78, 5) is 14.1. The number of amides is 1. The highest BCUT2D eigenvalue weighted by Crippen LogP contribution is 2.31. The van der Waals surface area contributed by atoms with Crippen LogP contribution in [0, 0.1) is 5.41 Å². The van der Waals surface area contributed by atoms with Crippen molar-refractivity contribution in [2.45, 2.75) is 33.1 Å². The Morgan fingerprint density at radius 1 is 1.50 bits per heavy atom. The molecular formula is C11H22N2O.